The summed E-state index contributed by atoms with van der Waals surface area (Å²) in [5.41, 5.74) is 2.52. The first-order valence-electron chi connectivity index (χ1n) is 9.65. The Kier molecular flexibility index (Phi) is 5.83. The zero-order valence-corrected chi connectivity index (χ0v) is 18.2. The highest BCUT2D eigenvalue weighted by Gasteiger charge is 2.21. The largest absolute Gasteiger partial charge is 0.481 e. The van der Waals surface area contributed by atoms with Crippen LogP contribution >= 0.6 is 15.9 Å². The van der Waals surface area contributed by atoms with Gasteiger partial charge < -0.3 is 14.4 Å². The maximum atomic E-state index is 10.8. The van der Waals surface area contributed by atoms with Gasteiger partial charge >= 0.3 is 5.97 Å². The average Bonchev–Trinajstić information content (AvgIpc) is 3.34. The predicted octanol–water partition coefficient (Wildman–Crippen LogP) is 4.42. The molecular formula is C21H21BrN4O4. The van der Waals surface area contributed by atoms with Crippen LogP contribution in [0.1, 0.15) is 32.6 Å². The third-order valence-electron chi connectivity index (χ3n) is 4.70. The van der Waals surface area contributed by atoms with Gasteiger partial charge in [-0.15, -0.1) is 0 Å². The Labute approximate surface area is 181 Å². The second-order valence-corrected chi connectivity index (χ2v) is 8.22. The second-order valence-electron chi connectivity index (χ2n) is 7.31. The first-order valence-corrected chi connectivity index (χ1v) is 10.4. The van der Waals surface area contributed by atoms with Crippen molar-refractivity contribution in [1.82, 2.24) is 19.9 Å². The minimum atomic E-state index is -0.852. The molecule has 0 bridgehead atoms. The third-order valence-corrected chi connectivity index (χ3v) is 5.44. The Morgan fingerprint density at radius 3 is 3.00 bits per heavy atom. The number of allylic oxidation sites excluding steroid dienone is 2. The van der Waals surface area contributed by atoms with Crippen LogP contribution in [0.15, 0.2) is 45.6 Å². The molecule has 2 heterocycles. The summed E-state index contributed by atoms with van der Waals surface area (Å²) >= 11 is 3.58. The summed E-state index contributed by atoms with van der Waals surface area (Å²) in [6.45, 7) is 4.34. The smallest absolute Gasteiger partial charge is 0.305 e. The van der Waals surface area contributed by atoms with E-state index in [0.29, 0.717) is 18.3 Å². The molecule has 9 heteroatoms. The lowest BCUT2D eigenvalue weighted by atomic mass is 10.0. The van der Waals surface area contributed by atoms with Gasteiger partial charge in [0.2, 0.25) is 5.82 Å². The van der Waals surface area contributed by atoms with E-state index in [9.17, 15) is 4.79 Å². The normalized spacial score (nSPS) is 16.7. The van der Waals surface area contributed by atoms with E-state index < -0.39 is 5.97 Å². The molecule has 1 unspecified atom stereocenters. The van der Waals surface area contributed by atoms with E-state index in [0.717, 1.165) is 32.9 Å². The maximum Gasteiger partial charge on any atom is 0.305 e. The molecule has 1 aliphatic rings. The van der Waals surface area contributed by atoms with Crippen molar-refractivity contribution in [2.45, 2.75) is 45.4 Å². The molecule has 4 rings (SSSR count). The number of hydrogen-bond acceptors (Lipinski definition) is 6. The molecule has 1 atom stereocenters. The lowest BCUT2D eigenvalue weighted by Crippen LogP contribution is -2.19. The molecule has 1 aliphatic carbocycles. The van der Waals surface area contributed by atoms with E-state index in [4.69, 9.17) is 14.4 Å². The van der Waals surface area contributed by atoms with Crippen LogP contribution in [-0.2, 0) is 16.1 Å². The Hall–Kier alpha value is -2.78. The van der Waals surface area contributed by atoms with Gasteiger partial charge in [-0.2, -0.15) is 10.1 Å². The number of nitrogens with zero attached hydrogens (tertiary/aromatic N) is 4. The molecule has 30 heavy (non-hydrogen) atoms. The van der Waals surface area contributed by atoms with E-state index in [-0.39, 0.29) is 18.6 Å². The topological polar surface area (TPSA) is 103 Å². The van der Waals surface area contributed by atoms with Gasteiger partial charge in [0, 0.05) is 21.0 Å². The van der Waals surface area contributed by atoms with Gasteiger partial charge in [0.25, 0.3) is 5.89 Å². The van der Waals surface area contributed by atoms with Crippen LogP contribution in [0.5, 0.6) is 0 Å². The Morgan fingerprint density at radius 1 is 1.43 bits per heavy atom. The first-order chi connectivity index (χ1) is 14.4. The fraction of sp³-hybridized carbons (Fsp3) is 0.333. The molecule has 0 amide bonds. The molecule has 1 N–H and O–H groups in total. The number of hydrogen-bond donors (Lipinski definition) is 1. The van der Waals surface area contributed by atoms with Crippen molar-refractivity contribution in [1.29, 1.82) is 0 Å². The minimum Gasteiger partial charge on any atom is -0.481 e. The maximum absolute atomic E-state index is 10.8. The van der Waals surface area contributed by atoms with Gasteiger partial charge in [0.1, 0.15) is 0 Å². The van der Waals surface area contributed by atoms with Crippen molar-refractivity contribution in [2.75, 3.05) is 0 Å². The van der Waals surface area contributed by atoms with Crippen molar-refractivity contribution in [3.63, 3.8) is 0 Å². The average molecular weight is 473 g/mol. The number of halogens is 1. The lowest BCUT2D eigenvalue weighted by molar-refractivity contribution is -0.137. The van der Waals surface area contributed by atoms with Crippen molar-refractivity contribution in [3.05, 3.63) is 46.9 Å². The number of ether oxygens (including phenoxy) is 1. The van der Waals surface area contributed by atoms with E-state index in [1.165, 1.54) is 0 Å². The fourth-order valence-corrected chi connectivity index (χ4v) is 3.85. The van der Waals surface area contributed by atoms with Crippen LogP contribution in [0.4, 0.5) is 0 Å². The number of carboxylic acids is 1. The SMILES string of the molecule is CC(C)OC1CC=C(c2nc(-c3ccc4c(cnn4CCC(=O)O)c3)no2)C=C1Br. The van der Waals surface area contributed by atoms with Gasteiger partial charge in [0.05, 0.1) is 36.9 Å². The third kappa shape index (κ3) is 4.36. The molecule has 3 aromatic rings. The van der Waals surface area contributed by atoms with Crippen LogP contribution in [0.25, 0.3) is 27.9 Å². The van der Waals surface area contributed by atoms with Crippen molar-refractivity contribution in [2.24, 2.45) is 0 Å². The minimum absolute atomic E-state index is 0.00351. The summed E-state index contributed by atoms with van der Waals surface area (Å²) in [6.07, 6.45) is 6.58. The van der Waals surface area contributed by atoms with Gasteiger partial charge in [0.15, 0.2) is 0 Å². The molecule has 0 radical (unpaired) electrons. The summed E-state index contributed by atoms with van der Waals surface area (Å²) in [5.74, 6) is 0.0766. The van der Waals surface area contributed by atoms with E-state index in [1.54, 1.807) is 10.9 Å². The van der Waals surface area contributed by atoms with Crippen LogP contribution in [-0.4, -0.2) is 43.2 Å². The van der Waals surface area contributed by atoms with Gasteiger partial charge in [-0.25, -0.2) is 0 Å². The highest BCUT2D eigenvalue weighted by Crippen LogP contribution is 2.31. The standard InChI is InChI=1S/C21H21BrN4O4/c1-12(2)29-18-6-4-14(10-16(18)22)21-24-20(25-30-21)13-3-5-17-15(9-13)11-23-26(17)8-7-19(27)28/h3-5,9-12,18H,6-8H2,1-2H3,(H,27,28). The zero-order valence-electron chi connectivity index (χ0n) is 16.6. The second kappa shape index (κ2) is 8.53. The van der Waals surface area contributed by atoms with Gasteiger partial charge in [-0.3, -0.25) is 9.48 Å². The predicted molar refractivity (Wildman–Crippen MR) is 115 cm³/mol. The summed E-state index contributed by atoms with van der Waals surface area (Å²) in [5, 5.41) is 18.1. The lowest BCUT2D eigenvalue weighted by Gasteiger charge is -2.22. The first kappa shape index (κ1) is 20.5. The number of fused-ring (bicyclic) bond motifs is 1. The highest BCUT2D eigenvalue weighted by molar-refractivity contribution is 9.11. The number of carbonyl (C=O) groups is 1. The summed E-state index contributed by atoms with van der Waals surface area (Å²) in [6, 6.07) is 5.69. The van der Waals surface area contributed by atoms with Crippen molar-refractivity contribution < 1.29 is 19.2 Å². The van der Waals surface area contributed by atoms with E-state index >= 15 is 0 Å². The molecule has 0 aliphatic heterocycles. The van der Waals surface area contributed by atoms with Crippen LogP contribution in [0.2, 0.25) is 0 Å². The summed E-state index contributed by atoms with van der Waals surface area (Å²) in [4.78, 5) is 15.3. The molecule has 0 saturated heterocycles. The summed E-state index contributed by atoms with van der Waals surface area (Å²) < 4.78 is 14.0. The van der Waals surface area contributed by atoms with Crippen LogP contribution < -0.4 is 0 Å². The summed E-state index contributed by atoms with van der Waals surface area (Å²) in [7, 11) is 0. The Bertz CT molecular complexity index is 1150. The molecule has 8 nitrogen and oxygen atoms in total. The fourth-order valence-electron chi connectivity index (χ4n) is 3.31. The number of aromatic nitrogens is 4. The van der Waals surface area contributed by atoms with Crippen LogP contribution in [0, 0.1) is 0 Å². The quantitative estimate of drug-likeness (QED) is 0.542. The number of aliphatic carboxylic acids is 1. The number of aryl methyl sites for hydroxylation is 1. The molecule has 2 aromatic heterocycles. The Balaban J connectivity index is 1.54. The highest BCUT2D eigenvalue weighted by atomic mass is 79.9. The molecule has 0 fully saturated rings. The monoisotopic (exact) mass is 472 g/mol. The number of carboxylic acid groups (broad SMARTS) is 1. The van der Waals surface area contributed by atoms with Crippen molar-refractivity contribution in [3.8, 4) is 11.4 Å². The zero-order chi connectivity index (χ0) is 21.3. The van der Waals surface area contributed by atoms with Gasteiger partial charge in [-0.1, -0.05) is 27.2 Å². The van der Waals surface area contributed by atoms with Crippen LogP contribution in [0.3, 0.4) is 0 Å². The number of rotatable bonds is 7. The number of benzene rings is 1. The van der Waals surface area contributed by atoms with E-state index in [2.05, 4.69) is 31.2 Å². The molecular weight excluding hydrogens is 452 g/mol. The van der Waals surface area contributed by atoms with Gasteiger partial charge in [-0.05, 0) is 44.5 Å². The van der Waals surface area contributed by atoms with E-state index in [1.807, 2.05) is 44.2 Å². The Morgan fingerprint density at radius 2 is 2.27 bits per heavy atom. The molecule has 0 spiro atoms. The molecule has 156 valence electrons. The molecule has 0 saturated carbocycles. The van der Waals surface area contributed by atoms with Crippen molar-refractivity contribution >= 4 is 38.4 Å². The molecule has 1 aromatic carbocycles.